The van der Waals surface area contributed by atoms with Crippen LogP contribution in [0.15, 0.2) is 42.7 Å². The lowest BCUT2D eigenvalue weighted by atomic mass is 9.88. The van der Waals surface area contributed by atoms with Gasteiger partial charge in [-0.1, -0.05) is 17.7 Å². The first kappa shape index (κ1) is 40.4. The highest BCUT2D eigenvalue weighted by Gasteiger charge is 2.47. The van der Waals surface area contributed by atoms with Crippen LogP contribution < -0.4 is 11.1 Å². The number of piperazine rings is 1. The summed E-state index contributed by atoms with van der Waals surface area (Å²) in [5, 5.41) is 18.3. The van der Waals surface area contributed by atoms with Crippen molar-refractivity contribution in [3.63, 3.8) is 0 Å². The zero-order chi connectivity index (χ0) is 40.5. The molecule has 6 rings (SSSR count). The summed E-state index contributed by atoms with van der Waals surface area (Å²) < 4.78 is 39.4. The van der Waals surface area contributed by atoms with Gasteiger partial charge in [0.2, 0.25) is 0 Å². The third-order valence-corrected chi connectivity index (χ3v) is 11.0. The number of benzene rings is 2. The van der Waals surface area contributed by atoms with Crippen molar-refractivity contribution in [3.8, 4) is 22.4 Å². The highest BCUT2D eigenvalue weighted by Crippen LogP contribution is 2.34. The second-order valence-corrected chi connectivity index (χ2v) is 15.1. The van der Waals surface area contributed by atoms with E-state index in [2.05, 4.69) is 15.4 Å². The minimum absolute atomic E-state index is 0.0467. The number of quaternary nitrogens is 1. The van der Waals surface area contributed by atoms with Crippen LogP contribution in [0.1, 0.15) is 39.5 Å². The fourth-order valence-corrected chi connectivity index (χ4v) is 7.59. The van der Waals surface area contributed by atoms with Crippen LogP contribution in [-0.4, -0.2) is 135 Å². The maximum atomic E-state index is 15.5. The minimum Gasteiger partial charge on any atom is -0.383 e. The molecule has 2 aliphatic rings. The minimum atomic E-state index is -1.54. The number of nitrogens with one attached hydrogen (secondary N) is 1. The van der Waals surface area contributed by atoms with E-state index < -0.39 is 35.0 Å². The Hall–Kier alpha value is -5.23. The topological polar surface area (TPSA) is 178 Å². The molecule has 2 aliphatic heterocycles. The number of nitrogens with two attached hydrogens (primary N) is 1. The number of imidazole rings is 1. The van der Waals surface area contributed by atoms with Crippen LogP contribution in [0.4, 0.5) is 14.5 Å². The number of rotatable bonds is 11. The normalized spacial score (nSPS) is 19.9. The molecular weight excluding hydrogens is 752 g/mol. The number of carbonyl (C=O) groups excluding carboxylic acids is 4. The maximum Gasteiger partial charge on any atom is 0.291 e. The molecule has 4 aromatic rings. The number of ether oxygens (including phenoxy) is 1. The van der Waals surface area contributed by atoms with Crippen LogP contribution in [0.2, 0.25) is 5.02 Å². The molecule has 15 nitrogen and oxygen atoms in total. The summed E-state index contributed by atoms with van der Waals surface area (Å²) in [6.07, 6.45) is 3.31. The van der Waals surface area contributed by atoms with Crippen molar-refractivity contribution in [1.29, 1.82) is 0 Å². The summed E-state index contributed by atoms with van der Waals surface area (Å²) in [5.74, 6) is -4.09. The maximum absolute atomic E-state index is 15.5. The third-order valence-electron chi connectivity index (χ3n) is 10.7. The number of nitrogens with zero attached hydrogens (tertiary/aromatic N) is 7. The number of primary amides is 1. The number of aryl methyl sites for hydroxylation is 1. The van der Waals surface area contributed by atoms with Crippen molar-refractivity contribution in [2.45, 2.75) is 31.9 Å². The van der Waals surface area contributed by atoms with Crippen LogP contribution in [0.25, 0.3) is 22.4 Å². The average Bonchev–Trinajstić information content (AvgIpc) is 3.73. The summed E-state index contributed by atoms with van der Waals surface area (Å²) in [6.45, 7) is 4.46. The molecule has 4 amide bonds. The van der Waals surface area contributed by atoms with E-state index in [0.717, 1.165) is 0 Å². The summed E-state index contributed by atoms with van der Waals surface area (Å²) >= 11 is 6.53. The van der Waals surface area contributed by atoms with Gasteiger partial charge in [-0.25, -0.2) is 13.8 Å². The molecule has 0 aliphatic carbocycles. The summed E-state index contributed by atoms with van der Waals surface area (Å²) in [5.41, 5.74) is 5.39. The van der Waals surface area contributed by atoms with Gasteiger partial charge in [-0.15, -0.1) is 0 Å². The van der Waals surface area contributed by atoms with Crippen molar-refractivity contribution < 1.29 is 42.3 Å². The first-order valence-corrected chi connectivity index (χ1v) is 18.5. The lowest BCUT2D eigenvalue weighted by Gasteiger charge is -2.45. The van der Waals surface area contributed by atoms with Crippen LogP contribution in [0.5, 0.6) is 0 Å². The van der Waals surface area contributed by atoms with Crippen molar-refractivity contribution >= 4 is 40.9 Å². The molecule has 56 heavy (non-hydrogen) atoms. The number of carbonyl (C=O) groups is 4. The van der Waals surface area contributed by atoms with Crippen molar-refractivity contribution in [2.24, 2.45) is 12.8 Å². The highest BCUT2D eigenvalue weighted by atomic mass is 35.5. The van der Waals surface area contributed by atoms with Gasteiger partial charge >= 0.3 is 0 Å². The van der Waals surface area contributed by atoms with E-state index in [1.54, 1.807) is 34.7 Å². The van der Waals surface area contributed by atoms with Crippen molar-refractivity contribution in [3.05, 3.63) is 76.5 Å². The average molecular weight is 797 g/mol. The monoisotopic (exact) mass is 796 g/mol. The molecule has 2 aromatic heterocycles. The van der Waals surface area contributed by atoms with E-state index >= 15 is 8.78 Å². The van der Waals surface area contributed by atoms with E-state index in [4.69, 9.17) is 22.1 Å². The number of piperidine rings is 1. The third kappa shape index (κ3) is 8.16. The summed E-state index contributed by atoms with van der Waals surface area (Å²) in [6, 6.07) is 7.30. The van der Waals surface area contributed by atoms with Crippen LogP contribution in [0, 0.1) is 18.6 Å². The molecule has 18 heteroatoms. The fourth-order valence-electron chi connectivity index (χ4n) is 7.33. The second-order valence-electron chi connectivity index (χ2n) is 14.7. The number of aliphatic hydroxyl groups is 1. The van der Waals surface area contributed by atoms with Gasteiger partial charge in [-0.3, -0.25) is 23.9 Å². The van der Waals surface area contributed by atoms with E-state index in [-0.39, 0.29) is 90.4 Å². The van der Waals surface area contributed by atoms with Crippen molar-refractivity contribution in [2.75, 3.05) is 71.9 Å². The van der Waals surface area contributed by atoms with Gasteiger partial charge in [0.25, 0.3) is 23.6 Å². The van der Waals surface area contributed by atoms with Gasteiger partial charge in [0, 0.05) is 81.8 Å². The molecule has 0 radical (unpaired) electrons. The van der Waals surface area contributed by atoms with E-state index in [1.165, 1.54) is 48.1 Å². The zero-order valence-electron chi connectivity index (χ0n) is 31.6. The predicted octanol–water partition coefficient (Wildman–Crippen LogP) is 2.83. The number of methoxy groups -OCH3 is 1. The Morgan fingerprint density at radius 1 is 1.02 bits per heavy atom. The summed E-state index contributed by atoms with van der Waals surface area (Å²) in [4.78, 5) is 58.8. The highest BCUT2D eigenvalue weighted by molar-refractivity contribution is 6.34. The van der Waals surface area contributed by atoms with Gasteiger partial charge in [0.15, 0.2) is 29.6 Å². The number of halogens is 3. The van der Waals surface area contributed by atoms with E-state index in [1.807, 2.05) is 7.05 Å². The molecule has 0 spiro atoms. The molecular formula is C38H45ClF2N9O6+. The Morgan fingerprint density at radius 2 is 1.66 bits per heavy atom. The van der Waals surface area contributed by atoms with Crippen LogP contribution >= 0.6 is 11.6 Å². The molecule has 298 valence electrons. The standard InChI is InChI=1S/C38H44ClF2N9O6/c1-23-28(21-49(45-23)15-18-56-4)25-7-8-27(33(41)32(25)40)30-20-43-34(46(30)2)35(52)44-24-5-6-26(29(39)19-24)36(53)47-11-13-48(14-12-47)37(54)38(55)9-16-50(3,17-10-38)22-31(42)51/h5-8,19-21,55H,9-18,22H2,1-4H3,(H2-,42,44,51,52,53)/p+1. The molecule has 2 fully saturated rings. The van der Waals surface area contributed by atoms with E-state index in [9.17, 15) is 24.3 Å². The molecule has 2 saturated heterocycles. The predicted molar refractivity (Wildman–Crippen MR) is 202 cm³/mol. The smallest absolute Gasteiger partial charge is 0.291 e. The SMILES string of the molecule is COCCn1cc(-c2ccc(-c3cnc(C(=O)Nc4ccc(C(=O)N5CCN(C(=O)C6(O)CC[N+](C)(CC(N)=O)CC6)CC5)c(Cl)c4)n3C)c(F)c2F)c(C)n1. The lowest BCUT2D eigenvalue weighted by molar-refractivity contribution is -0.908. The molecule has 2 aromatic carbocycles. The van der Waals surface area contributed by atoms with Gasteiger partial charge in [-0.05, 0) is 31.2 Å². The van der Waals surface area contributed by atoms with E-state index in [0.29, 0.717) is 42.0 Å². The Kier molecular flexibility index (Phi) is 11.6. The largest absolute Gasteiger partial charge is 0.383 e. The molecule has 0 unspecified atom stereocenters. The fraction of sp³-hybridized carbons (Fsp3) is 0.421. The Bertz CT molecular complexity index is 2170. The van der Waals surface area contributed by atoms with Crippen molar-refractivity contribution in [1.82, 2.24) is 29.1 Å². The number of amides is 4. The van der Waals surface area contributed by atoms with Gasteiger partial charge < -0.3 is 39.7 Å². The molecule has 0 bridgehead atoms. The Balaban J connectivity index is 1.07. The van der Waals surface area contributed by atoms with Crippen LogP contribution in [0.3, 0.4) is 0 Å². The number of aromatic nitrogens is 4. The Morgan fingerprint density at radius 3 is 2.30 bits per heavy atom. The number of hydrogen-bond donors (Lipinski definition) is 3. The number of likely N-dealkylation sites (tertiary alicyclic amines) is 1. The molecule has 4 heterocycles. The van der Waals surface area contributed by atoms with Crippen LogP contribution in [-0.2, 0) is 27.9 Å². The first-order chi connectivity index (χ1) is 26.5. The Labute approximate surface area is 327 Å². The number of hydrogen-bond acceptors (Lipinski definition) is 8. The quantitative estimate of drug-likeness (QED) is 0.194. The molecule has 0 saturated carbocycles. The van der Waals surface area contributed by atoms with Gasteiger partial charge in [0.05, 0.1) is 61.5 Å². The molecule has 4 N–H and O–H groups in total. The number of anilines is 1. The number of likely N-dealkylation sites (N-methyl/N-ethyl adjacent to an activating group) is 1. The van der Waals surface area contributed by atoms with Gasteiger partial charge in [0.1, 0.15) is 0 Å². The first-order valence-electron chi connectivity index (χ1n) is 18.1. The summed E-state index contributed by atoms with van der Waals surface area (Å²) in [7, 11) is 4.94. The van der Waals surface area contributed by atoms with Gasteiger partial charge in [-0.2, -0.15) is 5.10 Å². The zero-order valence-corrected chi connectivity index (χ0v) is 32.4. The molecule has 0 atom stereocenters. The lowest BCUT2D eigenvalue weighted by Crippen LogP contribution is -2.63. The second kappa shape index (κ2) is 16.1.